The summed E-state index contributed by atoms with van der Waals surface area (Å²) in [6, 6.07) is 14.5. The lowest BCUT2D eigenvalue weighted by Gasteiger charge is -2.11. The highest BCUT2D eigenvalue weighted by molar-refractivity contribution is 5.94. The average Bonchev–Trinajstić information content (AvgIpc) is 2.62. The van der Waals surface area contributed by atoms with Crippen molar-refractivity contribution in [3.05, 3.63) is 48.5 Å². The number of ether oxygens (including phenoxy) is 1. The van der Waals surface area contributed by atoms with Crippen LogP contribution in [0.5, 0.6) is 5.75 Å². The molecular formula is C20H25N3O3. The van der Waals surface area contributed by atoms with Gasteiger partial charge in [-0.25, -0.2) is 0 Å². The first kappa shape index (κ1) is 19.3. The standard InChI is InChI=1S/C20H25N3O3/c1-4-26-18-10-8-15(9-11-18)22-19(24)13-21-16-6-5-7-17(12-16)23-20(25)14(2)3/h5-12,14,21H,4,13H2,1-3H3,(H,22,24)(H,23,25). The summed E-state index contributed by atoms with van der Waals surface area (Å²) in [7, 11) is 0. The van der Waals surface area contributed by atoms with Crippen LogP contribution < -0.4 is 20.7 Å². The van der Waals surface area contributed by atoms with Crippen LogP contribution in [-0.4, -0.2) is 25.0 Å². The van der Waals surface area contributed by atoms with E-state index in [1.54, 1.807) is 18.2 Å². The largest absolute Gasteiger partial charge is 0.494 e. The van der Waals surface area contributed by atoms with Gasteiger partial charge in [0.25, 0.3) is 0 Å². The molecule has 2 aromatic carbocycles. The van der Waals surface area contributed by atoms with Gasteiger partial charge in [0.05, 0.1) is 13.2 Å². The summed E-state index contributed by atoms with van der Waals surface area (Å²) in [6.45, 7) is 6.32. The van der Waals surface area contributed by atoms with Crippen molar-refractivity contribution in [3.8, 4) is 5.75 Å². The Morgan fingerprint density at radius 3 is 2.31 bits per heavy atom. The maximum Gasteiger partial charge on any atom is 0.243 e. The molecule has 0 unspecified atom stereocenters. The summed E-state index contributed by atoms with van der Waals surface area (Å²) in [6.07, 6.45) is 0. The first-order valence-corrected chi connectivity index (χ1v) is 8.65. The molecule has 0 aliphatic rings. The lowest BCUT2D eigenvalue weighted by atomic mass is 10.2. The Hall–Kier alpha value is -3.02. The lowest BCUT2D eigenvalue weighted by Crippen LogP contribution is -2.22. The number of benzene rings is 2. The molecular weight excluding hydrogens is 330 g/mol. The Morgan fingerprint density at radius 2 is 1.65 bits per heavy atom. The minimum Gasteiger partial charge on any atom is -0.494 e. The fraction of sp³-hybridized carbons (Fsp3) is 0.300. The van der Waals surface area contributed by atoms with E-state index in [-0.39, 0.29) is 24.3 Å². The average molecular weight is 355 g/mol. The number of carbonyl (C=O) groups excluding carboxylic acids is 2. The lowest BCUT2D eigenvalue weighted by molar-refractivity contribution is -0.119. The van der Waals surface area contributed by atoms with Gasteiger partial charge in [-0.3, -0.25) is 9.59 Å². The summed E-state index contributed by atoms with van der Waals surface area (Å²) >= 11 is 0. The van der Waals surface area contributed by atoms with Gasteiger partial charge in [-0.15, -0.1) is 0 Å². The molecule has 3 N–H and O–H groups in total. The van der Waals surface area contributed by atoms with Crippen molar-refractivity contribution in [2.24, 2.45) is 5.92 Å². The number of amides is 2. The molecule has 0 atom stereocenters. The molecule has 0 aliphatic carbocycles. The molecule has 0 aliphatic heterocycles. The number of hydrogen-bond acceptors (Lipinski definition) is 4. The zero-order chi connectivity index (χ0) is 18.9. The molecule has 0 heterocycles. The van der Waals surface area contributed by atoms with Crippen LogP contribution in [0.3, 0.4) is 0 Å². The Morgan fingerprint density at radius 1 is 0.962 bits per heavy atom. The fourth-order valence-corrected chi connectivity index (χ4v) is 2.18. The second-order valence-corrected chi connectivity index (χ2v) is 6.08. The Labute approximate surface area is 153 Å². The normalized spacial score (nSPS) is 10.3. The van der Waals surface area contributed by atoms with E-state index in [1.165, 1.54) is 0 Å². The molecule has 6 heteroatoms. The summed E-state index contributed by atoms with van der Waals surface area (Å²) < 4.78 is 5.37. The number of anilines is 3. The molecule has 26 heavy (non-hydrogen) atoms. The third-order valence-corrected chi connectivity index (χ3v) is 3.56. The van der Waals surface area contributed by atoms with E-state index < -0.39 is 0 Å². The topological polar surface area (TPSA) is 79.5 Å². The SMILES string of the molecule is CCOc1ccc(NC(=O)CNc2cccc(NC(=O)C(C)C)c2)cc1. The number of nitrogens with one attached hydrogen (secondary N) is 3. The molecule has 0 radical (unpaired) electrons. The van der Waals surface area contributed by atoms with Crippen molar-refractivity contribution in [3.63, 3.8) is 0 Å². The van der Waals surface area contributed by atoms with Crippen LogP contribution in [0.15, 0.2) is 48.5 Å². The number of hydrogen-bond donors (Lipinski definition) is 3. The van der Waals surface area contributed by atoms with Crippen molar-refractivity contribution in [1.29, 1.82) is 0 Å². The fourth-order valence-electron chi connectivity index (χ4n) is 2.18. The van der Waals surface area contributed by atoms with E-state index in [0.29, 0.717) is 18.0 Å². The minimum atomic E-state index is -0.161. The van der Waals surface area contributed by atoms with E-state index in [9.17, 15) is 9.59 Å². The molecule has 0 aromatic heterocycles. The van der Waals surface area contributed by atoms with Crippen LogP contribution in [0.1, 0.15) is 20.8 Å². The molecule has 6 nitrogen and oxygen atoms in total. The summed E-state index contributed by atoms with van der Waals surface area (Å²) in [4.78, 5) is 23.8. The van der Waals surface area contributed by atoms with Crippen LogP contribution in [0, 0.1) is 5.92 Å². The van der Waals surface area contributed by atoms with Crippen molar-refractivity contribution in [1.82, 2.24) is 0 Å². The zero-order valence-corrected chi connectivity index (χ0v) is 15.3. The number of rotatable bonds is 8. The van der Waals surface area contributed by atoms with Crippen LogP contribution >= 0.6 is 0 Å². The first-order valence-electron chi connectivity index (χ1n) is 8.65. The van der Waals surface area contributed by atoms with Crippen LogP contribution in [0.2, 0.25) is 0 Å². The smallest absolute Gasteiger partial charge is 0.243 e. The van der Waals surface area contributed by atoms with Crippen molar-refractivity contribution >= 4 is 28.9 Å². The van der Waals surface area contributed by atoms with Gasteiger partial charge in [0, 0.05) is 23.0 Å². The summed E-state index contributed by atoms with van der Waals surface area (Å²) in [5.41, 5.74) is 2.16. The van der Waals surface area contributed by atoms with Crippen LogP contribution in [0.25, 0.3) is 0 Å². The molecule has 0 saturated carbocycles. The molecule has 0 bridgehead atoms. The quantitative estimate of drug-likeness (QED) is 0.674. The molecule has 2 aromatic rings. The zero-order valence-electron chi connectivity index (χ0n) is 15.3. The van der Waals surface area contributed by atoms with E-state index in [2.05, 4.69) is 16.0 Å². The molecule has 0 saturated heterocycles. The minimum absolute atomic E-state index is 0.0459. The highest BCUT2D eigenvalue weighted by Crippen LogP contribution is 2.17. The van der Waals surface area contributed by atoms with Crippen molar-refractivity contribution in [2.75, 3.05) is 29.1 Å². The third-order valence-electron chi connectivity index (χ3n) is 3.56. The van der Waals surface area contributed by atoms with Crippen molar-refractivity contribution in [2.45, 2.75) is 20.8 Å². The predicted octanol–water partition coefficient (Wildman–Crippen LogP) is 3.73. The van der Waals surface area contributed by atoms with Gasteiger partial charge in [-0.1, -0.05) is 19.9 Å². The summed E-state index contributed by atoms with van der Waals surface area (Å²) in [5, 5.41) is 8.70. The van der Waals surface area contributed by atoms with Crippen LogP contribution in [0.4, 0.5) is 17.1 Å². The van der Waals surface area contributed by atoms with E-state index >= 15 is 0 Å². The molecule has 2 amide bonds. The second-order valence-electron chi connectivity index (χ2n) is 6.08. The van der Waals surface area contributed by atoms with Gasteiger partial charge in [0.15, 0.2) is 0 Å². The Kier molecular flexibility index (Phi) is 7.02. The monoisotopic (exact) mass is 355 g/mol. The second kappa shape index (κ2) is 9.46. The van der Waals surface area contributed by atoms with Gasteiger partial charge in [0.2, 0.25) is 11.8 Å². The molecule has 2 rings (SSSR count). The van der Waals surface area contributed by atoms with E-state index in [1.807, 2.05) is 51.1 Å². The maximum absolute atomic E-state index is 12.1. The number of carbonyl (C=O) groups is 2. The van der Waals surface area contributed by atoms with Gasteiger partial charge in [-0.2, -0.15) is 0 Å². The highest BCUT2D eigenvalue weighted by atomic mass is 16.5. The maximum atomic E-state index is 12.1. The van der Waals surface area contributed by atoms with Gasteiger partial charge in [-0.05, 0) is 49.4 Å². The van der Waals surface area contributed by atoms with E-state index in [0.717, 1.165) is 11.4 Å². The third kappa shape index (κ3) is 6.12. The highest BCUT2D eigenvalue weighted by Gasteiger charge is 2.08. The van der Waals surface area contributed by atoms with Gasteiger partial charge >= 0.3 is 0 Å². The first-order chi connectivity index (χ1) is 12.5. The molecule has 0 fully saturated rings. The van der Waals surface area contributed by atoms with Crippen molar-refractivity contribution < 1.29 is 14.3 Å². The Bertz CT molecular complexity index is 742. The summed E-state index contributed by atoms with van der Waals surface area (Å²) in [5.74, 6) is 0.469. The Balaban J connectivity index is 1.86. The molecule has 138 valence electrons. The van der Waals surface area contributed by atoms with Gasteiger partial charge < -0.3 is 20.7 Å². The molecule has 0 spiro atoms. The van der Waals surface area contributed by atoms with Crippen LogP contribution in [-0.2, 0) is 9.59 Å². The van der Waals surface area contributed by atoms with Gasteiger partial charge in [0.1, 0.15) is 5.75 Å². The predicted molar refractivity (Wildman–Crippen MR) is 105 cm³/mol. The van der Waals surface area contributed by atoms with E-state index in [4.69, 9.17) is 4.74 Å².